The quantitative estimate of drug-likeness (QED) is 0.261. The van der Waals surface area contributed by atoms with E-state index in [-0.39, 0.29) is 29.8 Å². The molecule has 0 radical (unpaired) electrons. The van der Waals surface area contributed by atoms with Crippen molar-refractivity contribution in [2.45, 2.75) is 46.2 Å². The summed E-state index contributed by atoms with van der Waals surface area (Å²) in [6.45, 7) is 9.54. The van der Waals surface area contributed by atoms with Gasteiger partial charge in [-0.3, -0.25) is 0 Å². The van der Waals surface area contributed by atoms with E-state index in [0.717, 1.165) is 38.4 Å². The van der Waals surface area contributed by atoms with Crippen LogP contribution in [0, 0.1) is 5.82 Å². The van der Waals surface area contributed by atoms with Gasteiger partial charge in [0.2, 0.25) is 0 Å². The third kappa shape index (κ3) is 9.42. The molecule has 0 aromatic heterocycles. The molecule has 0 aliphatic carbocycles. The molecule has 0 spiro atoms. The number of aliphatic imine (C=N–C) groups is 1. The first-order valence-corrected chi connectivity index (χ1v) is 8.50. The summed E-state index contributed by atoms with van der Waals surface area (Å²) in [6.07, 6.45) is 2.23. The fourth-order valence-corrected chi connectivity index (χ4v) is 2.08. The first kappa shape index (κ1) is 23.1. The fourth-order valence-electron chi connectivity index (χ4n) is 2.08. The van der Waals surface area contributed by atoms with Crippen LogP contribution in [0.5, 0.6) is 0 Å². The van der Waals surface area contributed by atoms with Crippen LogP contribution >= 0.6 is 24.0 Å². The van der Waals surface area contributed by atoms with Gasteiger partial charge in [0.15, 0.2) is 5.96 Å². The summed E-state index contributed by atoms with van der Waals surface area (Å²) >= 11 is 0. The Bertz CT molecular complexity index is 480. The monoisotopic (exact) mass is 450 g/mol. The van der Waals surface area contributed by atoms with E-state index >= 15 is 0 Å². The van der Waals surface area contributed by atoms with E-state index in [1.54, 1.807) is 12.1 Å². The van der Waals surface area contributed by atoms with Gasteiger partial charge in [-0.15, -0.1) is 24.0 Å². The number of nitrogens with zero attached hydrogens (tertiary/aromatic N) is 2. The predicted molar refractivity (Wildman–Crippen MR) is 112 cm³/mol. The van der Waals surface area contributed by atoms with Crippen LogP contribution in [0.1, 0.15) is 39.2 Å². The van der Waals surface area contributed by atoms with Crippen molar-refractivity contribution in [3.63, 3.8) is 0 Å². The van der Waals surface area contributed by atoms with Gasteiger partial charge >= 0.3 is 0 Å². The van der Waals surface area contributed by atoms with Crippen LogP contribution in [-0.2, 0) is 6.54 Å². The molecule has 0 heterocycles. The van der Waals surface area contributed by atoms with Gasteiger partial charge in [-0.2, -0.15) is 0 Å². The highest BCUT2D eigenvalue weighted by atomic mass is 127. The Balaban J connectivity index is 0.00000529. The van der Waals surface area contributed by atoms with Crippen LogP contribution in [0.25, 0.3) is 0 Å². The molecule has 0 bridgehead atoms. The second-order valence-electron chi connectivity index (χ2n) is 5.99. The molecule has 0 unspecified atom stereocenters. The molecule has 6 heteroatoms. The SMILES string of the molecule is CCNC(=NCc1ccccc1F)NCCCCN(C)C(C)C.I. The minimum absolute atomic E-state index is 0. The van der Waals surface area contributed by atoms with Gasteiger partial charge in [0.1, 0.15) is 5.82 Å². The van der Waals surface area contributed by atoms with Crippen molar-refractivity contribution in [2.75, 3.05) is 26.7 Å². The van der Waals surface area contributed by atoms with Crippen molar-refractivity contribution in [1.29, 1.82) is 0 Å². The average Bonchev–Trinajstić information content (AvgIpc) is 2.53. The van der Waals surface area contributed by atoms with Gasteiger partial charge in [0, 0.05) is 24.7 Å². The van der Waals surface area contributed by atoms with E-state index in [1.165, 1.54) is 6.07 Å². The minimum Gasteiger partial charge on any atom is -0.357 e. The molecule has 0 saturated heterocycles. The molecule has 0 amide bonds. The molecule has 1 rings (SSSR count). The summed E-state index contributed by atoms with van der Waals surface area (Å²) in [4.78, 5) is 6.79. The van der Waals surface area contributed by atoms with Crippen LogP contribution in [0.3, 0.4) is 0 Å². The summed E-state index contributed by atoms with van der Waals surface area (Å²) in [5.41, 5.74) is 0.614. The normalized spacial score (nSPS) is 11.5. The summed E-state index contributed by atoms with van der Waals surface area (Å²) in [6, 6.07) is 7.35. The second kappa shape index (κ2) is 13.4. The standard InChI is InChI=1S/C18H31FN4.HI/c1-5-20-18(21-12-8-9-13-23(4)15(2)3)22-14-16-10-6-7-11-17(16)19;/h6-7,10-11,15H,5,8-9,12-14H2,1-4H3,(H2,20,21,22);1H. The Kier molecular flexibility index (Phi) is 12.9. The van der Waals surface area contributed by atoms with Gasteiger partial charge in [0.25, 0.3) is 0 Å². The molecule has 1 aromatic carbocycles. The van der Waals surface area contributed by atoms with E-state index < -0.39 is 0 Å². The zero-order valence-corrected chi connectivity index (χ0v) is 17.6. The van der Waals surface area contributed by atoms with Crippen LogP contribution in [-0.4, -0.2) is 43.6 Å². The summed E-state index contributed by atoms with van der Waals surface area (Å²) in [5, 5.41) is 6.51. The zero-order chi connectivity index (χ0) is 17.1. The molecule has 0 saturated carbocycles. The third-order valence-corrected chi connectivity index (χ3v) is 3.82. The van der Waals surface area contributed by atoms with Gasteiger partial charge in [-0.1, -0.05) is 18.2 Å². The highest BCUT2D eigenvalue weighted by molar-refractivity contribution is 14.0. The van der Waals surface area contributed by atoms with Crippen LogP contribution in [0.15, 0.2) is 29.3 Å². The van der Waals surface area contributed by atoms with Crippen LogP contribution < -0.4 is 10.6 Å². The Labute approximate surface area is 163 Å². The predicted octanol–water partition coefficient (Wildman–Crippen LogP) is 3.62. The largest absolute Gasteiger partial charge is 0.357 e. The minimum atomic E-state index is -0.205. The Morgan fingerprint density at radius 3 is 2.54 bits per heavy atom. The van der Waals surface area contributed by atoms with Crippen molar-refractivity contribution in [1.82, 2.24) is 15.5 Å². The molecule has 0 aliphatic heterocycles. The lowest BCUT2D eigenvalue weighted by Gasteiger charge is -2.20. The van der Waals surface area contributed by atoms with Gasteiger partial charge in [-0.25, -0.2) is 9.38 Å². The molecule has 1 aromatic rings. The Morgan fingerprint density at radius 2 is 1.92 bits per heavy atom. The lowest BCUT2D eigenvalue weighted by atomic mass is 10.2. The smallest absolute Gasteiger partial charge is 0.191 e. The van der Waals surface area contributed by atoms with Gasteiger partial charge < -0.3 is 15.5 Å². The van der Waals surface area contributed by atoms with Crippen molar-refractivity contribution >= 4 is 29.9 Å². The number of nitrogens with one attached hydrogen (secondary N) is 2. The molecule has 0 aliphatic rings. The van der Waals surface area contributed by atoms with E-state index in [1.807, 2.05) is 13.0 Å². The molecule has 24 heavy (non-hydrogen) atoms. The number of hydrogen-bond acceptors (Lipinski definition) is 2. The highest BCUT2D eigenvalue weighted by Gasteiger charge is 2.03. The molecule has 138 valence electrons. The van der Waals surface area contributed by atoms with Gasteiger partial charge in [0.05, 0.1) is 6.54 Å². The maximum atomic E-state index is 13.6. The molecule has 2 N–H and O–H groups in total. The fraction of sp³-hybridized carbons (Fsp3) is 0.611. The Hall–Kier alpha value is -0.890. The molecule has 4 nitrogen and oxygen atoms in total. The van der Waals surface area contributed by atoms with Crippen molar-refractivity contribution in [3.05, 3.63) is 35.6 Å². The first-order valence-electron chi connectivity index (χ1n) is 8.50. The highest BCUT2D eigenvalue weighted by Crippen LogP contribution is 2.07. The zero-order valence-electron chi connectivity index (χ0n) is 15.3. The van der Waals surface area contributed by atoms with Gasteiger partial charge in [-0.05, 0) is 53.3 Å². The lowest BCUT2D eigenvalue weighted by molar-refractivity contribution is 0.268. The second-order valence-corrected chi connectivity index (χ2v) is 5.99. The number of unbranched alkanes of at least 4 members (excludes halogenated alkanes) is 1. The summed E-state index contributed by atoms with van der Waals surface area (Å²) in [7, 11) is 2.15. The van der Waals surface area contributed by atoms with E-state index in [4.69, 9.17) is 0 Å². The number of benzene rings is 1. The number of hydrogen-bond donors (Lipinski definition) is 2. The first-order chi connectivity index (χ1) is 11.0. The maximum absolute atomic E-state index is 13.6. The number of guanidine groups is 1. The van der Waals surface area contributed by atoms with Crippen LogP contribution in [0.2, 0.25) is 0 Å². The van der Waals surface area contributed by atoms with Crippen molar-refractivity contribution < 1.29 is 4.39 Å². The van der Waals surface area contributed by atoms with E-state index in [9.17, 15) is 4.39 Å². The summed E-state index contributed by atoms with van der Waals surface area (Å²) < 4.78 is 13.6. The maximum Gasteiger partial charge on any atom is 0.191 e. The number of halogens is 2. The number of rotatable bonds is 9. The van der Waals surface area contributed by atoms with Crippen molar-refractivity contribution in [3.8, 4) is 0 Å². The summed E-state index contributed by atoms with van der Waals surface area (Å²) in [5.74, 6) is 0.539. The van der Waals surface area contributed by atoms with E-state index in [2.05, 4.69) is 41.4 Å². The molecular formula is C18H32FIN4. The third-order valence-electron chi connectivity index (χ3n) is 3.82. The van der Waals surface area contributed by atoms with Crippen molar-refractivity contribution in [2.24, 2.45) is 4.99 Å². The topological polar surface area (TPSA) is 39.7 Å². The van der Waals surface area contributed by atoms with Crippen LogP contribution in [0.4, 0.5) is 4.39 Å². The average molecular weight is 450 g/mol. The molecular weight excluding hydrogens is 418 g/mol. The molecule has 0 fully saturated rings. The van der Waals surface area contributed by atoms with E-state index in [0.29, 0.717) is 18.2 Å². The molecule has 0 atom stereocenters. The Morgan fingerprint density at radius 1 is 1.21 bits per heavy atom. The lowest BCUT2D eigenvalue weighted by Crippen LogP contribution is -2.38.